The Morgan fingerprint density at radius 1 is 0.828 bits per heavy atom. The van der Waals surface area contributed by atoms with Crippen LogP contribution in [0, 0.1) is 17.3 Å². The van der Waals surface area contributed by atoms with Crippen LogP contribution in [-0.4, -0.2) is 8.07 Å². The van der Waals surface area contributed by atoms with Crippen molar-refractivity contribution in [3.63, 3.8) is 0 Å². The lowest BCUT2D eigenvalue weighted by atomic mass is 10.1. The summed E-state index contributed by atoms with van der Waals surface area (Å²) in [5, 5.41) is 4.78. The maximum Gasteiger partial charge on any atom is 0.205 e. The first kappa shape index (κ1) is 21.3. The molecule has 0 aromatic heterocycles. The molecule has 0 saturated carbocycles. The topological polar surface area (TPSA) is 29.1 Å². The molecular weight excluding hydrogens is 396 g/mol. The summed E-state index contributed by atoms with van der Waals surface area (Å²) in [6.45, 7) is 6.49. The monoisotopic (exact) mass is 421 g/mol. The lowest BCUT2D eigenvalue weighted by Crippen LogP contribution is -2.30. The second-order valence-corrected chi connectivity index (χ2v) is 15.2. The first-order valence-corrected chi connectivity index (χ1v) is 14.8. The molecule has 0 aliphatic rings. The van der Waals surface area contributed by atoms with E-state index in [0.29, 0.717) is 10.6 Å². The quantitative estimate of drug-likeness (QED) is 0.346. The smallest absolute Gasteiger partial charge is 0.205 e. The van der Waals surface area contributed by atoms with Crippen LogP contribution in [0.3, 0.4) is 0 Å². The van der Waals surface area contributed by atoms with Gasteiger partial charge >= 0.3 is 0 Å². The molecule has 0 radical (unpaired) electrons. The molecule has 3 rings (SSSR count). The Bertz CT molecular complexity index is 1010. The van der Waals surface area contributed by atoms with Gasteiger partial charge in [0.2, 0.25) is 7.29 Å². The van der Waals surface area contributed by atoms with Gasteiger partial charge in [0.05, 0.1) is 6.04 Å². The maximum absolute atomic E-state index is 14.3. The number of benzene rings is 3. The molecule has 1 N–H and O–H groups in total. The molecular formula is C24H25FNOPSi. The zero-order valence-corrected chi connectivity index (χ0v) is 18.8. The molecule has 1 atom stereocenters. The molecule has 148 valence electrons. The number of nitrogens with one attached hydrogen (secondary N) is 1. The van der Waals surface area contributed by atoms with Gasteiger partial charge in [-0.1, -0.05) is 74.1 Å². The minimum absolute atomic E-state index is 0.306. The Hall–Kier alpha value is -2.44. The molecule has 5 heteroatoms. The lowest BCUT2D eigenvalue weighted by Gasteiger charge is -2.25. The largest absolute Gasteiger partial charge is 0.296 e. The fraction of sp³-hybridized carbons (Fsp3) is 0.167. The Morgan fingerprint density at radius 3 is 1.76 bits per heavy atom. The second-order valence-electron chi connectivity index (χ2n) is 7.91. The van der Waals surface area contributed by atoms with E-state index >= 15 is 0 Å². The van der Waals surface area contributed by atoms with Crippen molar-refractivity contribution in [3.05, 3.63) is 96.3 Å². The zero-order chi connectivity index (χ0) is 20.9. The highest BCUT2D eigenvalue weighted by Crippen LogP contribution is 2.41. The third-order valence-corrected chi connectivity index (χ3v) is 7.91. The van der Waals surface area contributed by atoms with Gasteiger partial charge in [-0.2, -0.15) is 0 Å². The molecule has 2 nitrogen and oxygen atoms in total. The third kappa shape index (κ3) is 5.55. The molecule has 0 saturated heterocycles. The van der Waals surface area contributed by atoms with E-state index in [4.69, 9.17) is 0 Å². The van der Waals surface area contributed by atoms with Crippen LogP contribution in [0.25, 0.3) is 0 Å². The summed E-state index contributed by atoms with van der Waals surface area (Å²) >= 11 is 0. The van der Waals surface area contributed by atoms with Crippen LogP contribution in [-0.2, 0) is 4.57 Å². The average Bonchev–Trinajstić information content (AvgIpc) is 2.72. The van der Waals surface area contributed by atoms with Gasteiger partial charge < -0.3 is 0 Å². The molecule has 3 aromatic carbocycles. The SMILES string of the molecule is C[Si](C)(C)C#C[C@@H](NP(=O)(c1ccccc1)c1ccccc1)c1ccc(F)cc1. The molecule has 0 spiro atoms. The van der Waals surface area contributed by atoms with Crippen molar-refractivity contribution in [2.24, 2.45) is 0 Å². The zero-order valence-electron chi connectivity index (χ0n) is 16.9. The highest BCUT2D eigenvalue weighted by Gasteiger charge is 2.30. The van der Waals surface area contributed by atoms with E-state index in [2.05, 4.69) is 36.2 Å². The molecule has 0 aliphatic heterocycles. The van der Waals surface area contributed by atoms with Gasteiger partial charge in [0.15, 0.2) is 0 Å². The van der Waals surface area contributed by atoms with Crippen LogP contribution in [0.4, 0.5) is 4.39 Å². The van der Waals surface area contributed by atoms with Gasteiger partial charge in [0, 0.05) is 10.6 Å². The van der Waals surface area contributed by atoms with Crippen LogP contribution in [0.2, 0.25) is 19.6 Å². The summed E-state index contributed by atoms with van der Waals surface area (Å²) in [5.41, 5.74) is 4.17. The van der Waals surface area contributed by atoms with Gasteiger partial charge in [0.1, 0.15) is 13.9 Å². The van der Waals surface area contributed by atoms with Crippen molar-refractivity contribution in [1.82, 2.24) is 5.09 Å². The summed E-state index contributed by atoms with van der Waals surface area (Å²) in [5.74, 6) is 2.99. The van der Waals surface area contributed by atoms with Crippen molar-refractivity contribution in [1.29, 1.82) is 0 Å². The van der Waals surface area contributed by atoms with Crippen LogP contribution in [0.5, 0.6) is 0 Å². The van der Waals surface area contributed by atoms with Crippen molar-refractivity contribution in [2.75, 3.05) is 0 Å². The van der Waals surface area contributed by atoms with E-state index in [0.717, 1.165) is 5.56 Å². The molecule has 0 fully saturated rings. The molecule has 0 amide bonds. The van der Waals surface area contributed by atoms with Crippen LogP contribution >= 0.6 is 7.29 Å². The van der Waals surface area contributed by atoms with Gasteiger partial charge in [0.25, 0.3) is 0 Å². The number of rotatable bonds is 5. The van der Waals surface area contributed by atoms with Crippen LogP contribution in [0.1, 0.15) is 11.6 Å². The Labute approximate surface area is 173 Å². The van der Waals surface area contributed by atoms with E-state index in [9.17, 15) is 8.96 Å². The fourth-order valence-electron chi connectivity index (χ4n) is 2.89. The summed E-state index contributed by atoms with van der Waals surface area (Å²) in [4.78, 5) is 0. The van der Waals surface area contributed by atoms with Crippen LogP contribution < -0.4 is 15.7 Å². The Kier molecular flexibility index (Phi) is 6.55. The molecule has 0 unspecified atom stereocenters. The number of hydrogen-bond donors (Lipinski definition) is 1. The van der Waals surface area contributed by atoms with Crippen molar-refractivity contribution in [3.8, 4) is 11.5 Å². The molecule has 0 heterocycles. The van der Waals surface area contributed by atoms with E-state index in [-0.39, 0.29) is 5.82 Å². The standard InChI is InChI=1S/C24H25FNOPSi/c1-29(2,3)19-18-24(20-14-16-21(25)17-15-20)26-28(27,22-10-6-4-7-11-22)23-12-8-5-9-13-23/h4-17,24H,1-3H3,(H,26,27)/t24-/m1/s1. The first-order valence-electron chi connectivity index (χ1n) is 9.55. The second kappa shape index (κ2) is 8.92. The highest BCUT2D eigenvalue weighted by molar-refractivity contribution is 7.76. The van der Waals surface area contributed by atoms with Gasteiger partial charge in [-0.3, -0.25) is 4.57 Å². The molecule has 0 aliphatic carbocycles. The summed E-state index contributed by atoms with van der Waals surface area (Å²) in [6, 6.07) is 24.6. The third-order valence-electron chi connectivity index (χ3n) is 4.35. The predicted octanol–water partition coefficient (Wildman–Crippen LogP) is 5.27. The summed E-state index contributed by atoms with van der Waals surface area (Å²) in [6.07, 6.45) is 0. The Morgan fingerprint density at radius 2 is 1.31 bits per heavy atom. The Balaban J connectivity index is 2.11. The van der Waals surface area contributed by atoms with E-state index in [1.54, 1.807) is 12.1 Å². The lowest BCUT2D eigenvalue weighted by molar-refractivity contribution is 0.574. The summed E-state index contributed by atoms with van der Waals surface area (Å²) in [7, 11) is -4.83. The molecule has 0 bridgehead atoms. The summed E-state index contributed by atoms with van der Waals surface area (Å²) < 4.78 is 27.8. The number of hydrogen-bond acceptors (Lipinski definition) is 1. The minimum Gasteiger partial charge on any atom is -0.296 e. The highest BCUT2D eigenvalue weighted by atomic mass is 31.2. The number of halogens is 1. The molecule has 29 heavy (non-hydrogen) atoms. The van der Waals surface area contributed by atoms with E-state index in [1.807, 2.05) is 60.7 Å². The predicted molar refractivity (Wildman–Crippen MR) is 123 cm³/mol. The molecule has 3 aromatic rings. The van der Waals surface area contributed by atoms with Gasteiger partial charge in [-0.25, -0.2) is 9.48 Å². The maximum atomic E-state index is 14.3. The van der Waals surface area contributed by atoms with E-state index in [1.165, 1.54) is 12.1 Å². The normalized spacial score (nSPS) is 12.7. The van der Waals surface area contributed by atoms with Crippen molar-refractivity contribution >= 4 is 26.0 Å². The average molecular weight is 422 g/mol. The van der Waals surface area contributed by atoms with Crippen molar-refractivity contribution in [2.45, 2.75) is 25.7 Å². The van der Waals surface area contributed by atoms with Gasteiger partial charge in [-0.05, 0) is 42.0 Å². The van der Waals surface area contributed by atoms with E-state index < -0.39 is 21.4 Å². The fourth-order valence-corrected chi connectivity index (χ4v) is 5.82. The first-order chi connectivity index (χ1) is 13.8. The minimum atomic E-state index is -3.17. The van der Waals surface area contributed by atoms with Gasteiger partial charge in [-0.15, -0.1) is 5.54 Å². The van der Waals surface area contributed by atoms with Crippen molar-refractivity contribution < 1.29 is 8.96 Å². The van der Waals surface area contributed by atoms with Crippen LogP contribution in [0.15, 0.2) is 84.9 Å².